The van der Waals surface area contributed by atoms with E-state index in [1.54, 1.807) is 0 Å². The molecule has 59 atom stereocenters. The van der Waals surface area contributed by atoms with Crippen molar-refractivity contribution in [2.24, 2.45) is 0 Å². The largest absolute Gasteiger partial charge is 0.453 e. The van der Waals surface area contributed by atoms with Crippen molar-refractivity contribution in [3.05, 3.63) is 0 Å². The molecule has 0 aliphatic carbocycles. The molecule has 0 saturated heterocycles. The van der Waals surface area contributed by atoms with Gasteiger partial charge in [-0.3, -0.25) is 0 Å². The maximum Gasteiger partial charge on any atom is -0.00309 e. The maximum absolute atomic E-state index is 4.00. The SMILES string of the molecule is PPP(P)P(P(P(P)P)P(P)P)P(P([P-]P(P(P(P(P(P)P)P(P)P)P(P(P)P)P(P)P)P(P(P(P)P)P(P)P)P(P(P)P)P(P)P)P(P(P(P(P)P)P(P)P)P(P(P)P)P(P)P)P(P(P(P)P)P(P)P)P(P(P)P)P(P)P)P(P(P(P)P)P(P)P)P(P(P)P)P(P)P)P(P(P(P)P)P(P)P)P(P(P)P)P(P)P. The molecule has 108 heteroatoms. The molecule has 59 unspecified atom stereocenters. The lowest BCUT2D eigenvalue weighted by atomic mass is 28.4. The van der Waals surface area contributed by atoms with Crippen molar-refractivity contribution in [3.63, 3.8) is 0 Å². The molecule has 650 valence electrons. The van der Waals surface area contributed by atoms with Crippen LogP contribution in [0.1, 0.15) is 0 Å². The lowest BCUT2D eigenvalue weighted by Crippen LogP contribution is -1.74. The highest BCUT2D eigenvalue weighted by Crippen LogP contribution is 3.52. The summed E-state index contributed by atoms with van der Waals surface area (Å²) >= 11 is 0. The van der Waals surface area contributed by atoms with E-state index in [0.717, 1.165) is 7.96 Å². The zero-order valence-corrected chi connectivity index (χ0v) is 166. The van der Waals surface area contributed by atoms with Gasteiger partial charge in [0, 0.05) is 0 Å². The van der Waals surface area contributed by atoms with Gasteiger partial charge in [-0.15, -0.1) is 482 Å². The molecule has 0 rings (SSSR count). The first-order chi connectivity index (χ1) is 49.2. The Kier molecular flexibility index (Phi) is 122. The Morgan fingerprint density at radius 1 is 0.111 bits per heavy atom. The Balaban J connectivity index is 14.6. The first-order valence-electron chi connectivity index (χ1n) is 24.6. The van der Waals surface area contributed by atoms with Crippen LogP contribution < -0.4 is 0 Å². The lowest BCUT2D eigenvalue weighted by molar-refractivity contribution is 4.32. The summed E-state index contributed by atoms with van der Waals surface area (Å²) in [7, 11) is 208. The first-order valence-corrected chi connectivity index (χ1v) is 221. The van der Waals surface area contributed by atoms with Gasteiger partial charge in [-0.2, -0.15) is 14.0 Å². The van der Waals surface area contributed by atoms with Crippen molar-refractivity contribution in [1.29, 1.82) is 0 Å². The molecule has 0 aromatic carbocycles. The molecule has 0 fully saturated rings. The third-order valence-electron chi connectivity index (χ3n) is 9.54. The molecule has 0 heterocycles. The molecule has 0 radical (unpaired) electrons. The molecule has 0 saturated carbocycles. The first kappa shape index (κ1) is 154. The van der Waals surface area contributed by atoms with Gasteiger partial charge in [0.2, 0.25) is 0 Å². The average molecular weight is 3460 g/mol. The molecule has 0 aliphatic heterocycles. The summed E-state index contributed by atoms with van der Waals surface area (Å²) in [5.41, 5.74) is 0. The van der Waals surface area contributed by atoms with Gasteiger partial charge in [0.1, 0.15) is 0 Å². The molecule has 0 N–H and O–H groups in total. The predicted molar refractivity (Wildman–Crippen MR) is 899 cm³/mol. The van der Waals surface area contributed by atoms with E-state index in [0.29, 0.717) is 0 Å². The molecular weight excluding hydrogens is 3350 g/mol. The van der Waals surface area contributed by atoms with Crippen molar-refractivity contribution in [2.45, 2.75) is 0 Å². The van der Waals surface area contributed by atoms with Gasteiger partial charge in [0.25, 0.3) is 0 Å². The van der Waals surface area contributed by atoms with Crippen LogP contribution in [-0.4, -0.2) is 0 Å². The molecule has 0 aromatic rings. The van der Waals surface area contributed by atoms with Crippen LogP contribution >= 0.6 is 861 Å². The summed E-state index contributed by atoms with van der Waals surface area (Å²) in [5.74, 6) is 0. The Morgan fingerprint density at radius 3 is 0.296 bits per heavy atom. The molecular formula is H109P108-. The summed E-state index contributed by atoms with van der Waals surface area (Å²) < 4.78 is 0. The van der Waals surface area contributed by atoms with Gasteiger partial charge in [0.05, 0.1) is 0 Å². The van der Waals surface area contributed by atoms with Crippen molar-refractivity contribution >= 4 is 861 Å². The van der Waals surface area contributed by atoms with Crippen molar-refractivity contribution < 1.29 is 0 Å². The normalized spacial score (nSPS) is 15.9. The van der Waals surface area contributed by atoms with Crippen LogP contribution in [0.3, 0.4) is 0 Å². The minimum absolute atomic E-state index is 0.352. The van der Waals surface area contributed by atoms with Gasteiger partial charge in [-0.1, -0.05) is 7.96 Å². The van der Waals surface area contributed by atoms with Crippen LogP contribution in [0.15, 0.2) is 0 Å². The second kappa shape index (κ2) is 85.3. The van der Waals surface area contributed by atoms with Gasteiger partial charge >= 0.3 is 0 Å². The van der Waals surface area contributed by atoms with E-state index in [4.69, 9.17) is 0 Å². The van der Waals surface area contributed by atoms with Crippen LogP contribution in [0.5, 0.6) is 0 Å². The molecule has 0 aromatic heterocycles. The van der Waals surface area contributed by atoms with Crippen LogP contribution in [0.4, 0.5) is 0 Å². The van der Waals surface area contributed by atoms with Crippen molar-refractivity contribution in [1.82, 2.24) is 0 Å². The fraction of sp³-hybridized carbons (Fsp3) is 0. The highest BCUT2D eigenvalue weighted by atomic mass is 33.6. The molecule has 0 nitrogen and oxygen atoms in total. The zero-order chi connectivity index (χ0) is 85.4. The van der Waals surface area contributed by atoms with Gasteiger partial charge in [-0.05, 0) is 349 Å². The Morgan fingerprint density at radius 2 is 0.194 bits per heavy atom. The molecule has 0 bridgehead atoms. The molecule has 0 spiro atoms. The number of hydrogen-bond acceptors (Lipinski definition) is 0. The minimum atomic E-state index is -0.673. The standard InChI is InChI=1S/H109P108/c1-55-83(54)99(86(57(2)3)58(4)5)101(104(89(63(14)15)64(16)17)90(65(18)19)66(20)21)84(100(87(59(6)7)60(8)9)88(61(10)11)62(12)13)56-85(102(105(91(67(22)23)68(24)25)92(69(26)27)70(28)29)106(93(71(30)31)72(32)33)94(73(34)35)74(36)37)103(107(95(75(38)39)76(40)41)96(77(42)43)78(44)45)108(97(79(46)47)80(48)49)98(81(50)51)82(52)53/h55H,1-54H2/q-1. The van der Waals surface area contributed by atoms with E-state index >= 15 is 0 Å². The zero-order valence-electron chi connectivity index (χ0n) is 55.4. The van der Waals surface area contributed by atoms with E-state index in [9.17, 15) is 0 Å². The van der Waals surface area contributed by atoms with Gasteiger partial charge < -0.3 is 7.96 Å². The maximum atomic E-state index is 4.00. The van der Waals surface area contributed by atoms with Crippen LogP contribution in [0.2, 0.25) is 0 Å². The van der Waals surface area contributed by atoms with E-state index < -0.39 is 321 Å². The Hall–Kier alpha value is 46.4. The average Bonchev–Trinajstić information content (AvgIpc) is 0.723. The molecule has 0 amide bonds. The fourth-order valence-corrected chi connectivity index (χ4v) is 1590. The Labute approximate surface area is 847 Å². The van der Waals surface area contributed by atoms with Crippen molar-refractivity contribution in [2.75, 3.05) is 0 Å². The minimum Gasteiger partial charge on any atom is -0.453 e. The highest BCUT2D eigenvalue weighted by molar-refractivity contribution is 9.58. The van der Waals surface area contributed by atoms with Gasteiger partial charge in [0.15, 0.2) is 0 Å². The summed E-state index contributed by atoms with van der Waals surface area (Å²) in [5, 5.41) is 0. The monoisotopic (exact) mass is 3460 g/mol. The van der Waals surface area contributed by atoms with Crippen LogP contribution in [0, 0.1) is 0 Å². The lowest BCUT2D eigenvalue weighted by Gasteiger charge is -2.67. The predicted octanol–water partition coefficient (Wildman–Crippen LogP) is 63.8. The highest BCUT2D eigenvalue weighted by Gasteiger charge is 2.61. The third-order valence-corrected chi connectivity index (χ3v) is 772. The summed E-state index contributed by atoms with van der Waals surface area (Å²) in [6.07, 6.45) is 0. The van der Waals surface area contributed by atoms with E-state index in [-0.39, 0.29) is 41.9 Å². The summed E-state index contributed by atoms with van der Waals surface area (Å²) in [6.45, 7) is -23.0. The van der Waals surface area contributed by atoms with Gasteiger partial charge in [-0.25, -0.2) is 0 Å². The van der Waals surface area contributed by atoms with E-state index in [2.05, 4.69) is 490 Å². The number of rotatable bonds is 53. The van der Waals surface area contributed by atoms with Crippen LogP contribution in [0.25, 0.3) is 0 Å². The third kappa shape index (κ3) is 54.9. The quantitative estimate of drug-likeness (QED) is 0.0533. The Bertz CT molecular complexity index is 1850. The second-order valence-corrected chi connectivity index (χ2v) is 463. The molecule has 0 aliphatic rings. The van der Waals surface area contributed by atoms with E-state index in [1.807, 2.05) is 0 Å². The van der Waals surface area contributed by atoms with Crippen LogP contribution in [-0.2, 0) is 0 Å². The fourth-order valence-electron chi connectivity index (χ4n) is 6.54. The summed E-state index contributed by atoms with van der Waals surface area (Å²) in [4.78, 5) is 0. The van der Waals surface area contributed by atoms with E-state index in [1.165, 1.54) is 0 Å². The summed E-state index contributed by atoms with van der Waals surface area (Å²) in [6, 6.07) is 0. The molecule has 108 heavy (non-hydrogen) atoms. The topological polar surface area (TPSA) is 0 Å². The second-order valence-electron chi connectivity index (χ2n) is 17.2. The van der Waals surface area contributed by atoms with Crippen molar-refractivity contribution in [3.8, 4) is 0 Å². The number of hydrogen-bond donors (Lipinski definition) is 0. The smallest absolute Gasteiger partial charge is 0.00309 e.